The molecule has 2 nitrogen and oxygen atoms in total. The summed E-state index contributed by atoms with van der Waals surface area (Å²) in [5, 5.41) is 5.96. The zero-order chi connectivity index (χ0) is 13.8. The standard InChI is InChI=1S/C17H21NOS/c1-2-6-15(17-9-5-10-20-17)18-16-12-19-11-13-7-3-4-8-14(13)16/h3-5,7-10,15-16,18H,2,6,11-12H2,1H3. The Balaban J connectivity index is 1.79. The fourth-order valence-electron chi connectivity index (χ4n) is 2.85. The Bertz CT molecular complexity index is 538. The second kappa shape index (κ2) is 6.53. The van der Waals surface area contributed by atoms with Gasteiger partial charge in [0.2, 0.25) is 0 Å². The van der Waals surface area contributed by atoms with Gasteiger partial charge in [0.05, 0.1) is 19.3 Å². The van der Waals surface area contributed by atoms with Crippen LogP contribution in [0.25, 0.3) is 0 Å². The van der Waals surface area contributed by atoms with Crippen LogP contribution in [0.1, 0.15) is 47.9 Å². The highest BCUT2D eigenvalue weighted by atomic mass is 32.1. The SMILES string of the molecule is CCCC(NC1COCc2ccccc21)c1cccs1. The number of hydrogen-bond donors (Lipinski definition) is 1. The summed E-state index contributed by atoms with van der Waals surface area (Å²) in [6.45, 7) is 3.75. The molecule has 2 unspecified atom stereocenters. The molecule has 0 amide bonds. The molecular weight excluding hydrogens is 266 g/mol. The van der Waals surface area contributed by atoms with Crippen molar-refractivity contribution in [1.82, 2.24) is 5.32 Å². The van der Waals surface area contributed by atoms with E-state index in [-0.39, 0.29) is 0 Å². The van der Waals surface area contributed by atoms with Gasteiger partial charge in [0.1, 0.15) is 0 Å². The van der Waals surface area contributed by atoms with Crippen LogP contribution in [0.5, 0.6) is 0 Å². The number of thiophene rings is 1. The first-order chi connectivity index (χ1) is 9.88. The zero-order valence-corrected chi connectivity index (χ0v) is 12.7. The van der Waals surface area contributed by atoms with E-state index in [0.717, 1.165) is 13.2 Å². The summed E-state index contributed by atoms with van der Waals surface area (Å²) in [6, 6.07) is 13.7. The van der Waals surface area contributed by atoms with Crippen molar-refractivity contribution < 1.29 is 4.74 Å². The number of nitrogens with one attached hydrogen (secondary N) is 1. The van der Waals surface area contributed by atoms with E-state index in [4.69, 9.17) is 4.74 Å². The first kappa shape index (κ1) is 13.8. The zero-order valence-electron chi connectivity index (χ0n) is 11.8. The summed E-state index contributed by atoms with van der Waals surface area (Å²) in [5.41, 5.74) is 2.72. The van der Waals surface area contributed by atoms with Crippen LogP contribution in [-0.2, 0) is 11.3 Å². The monoisotopic (exact) mass is 287 g/mol. The van der Waals surface area contributed by atoms with Crippen molar-refractivity contribution in [2.45, 2.75) is 38.5 Å². The van der Waals surface area contributed by atoms with Crippen molar-refractivity contribution in [2.24, 2.45) is 0 Å². The summed E-state index contributed by atoms with van der Waals surface area (Å²) in [4.78, 5) is 1.43. The Morgan fingerprint density at radius 3 is 3.00 bits per heavy atom. The predicted octanol–water partition coefficient (Wildman–Crippen LogP) is 4.45. The lowest BCUT2D eigenvalue weighted by molar-refractivity contribution is 0.0780. The molecule has 2 atom stereocenters. The molecule has 1 aromatic carbocycles. The largest absolute Gasteiger partial charge is 0.375 e. The van der Waals surface area contributed by atoms with E-state index in [1.165, 1.54) is 28.8 Å². The van der Waals surface area contributed by atoms with Crippen LogP contribution >= 0.6 is 11.3 Å². The van der Waals surface area contributed by atoms with Gasteiger partial charge < -0.3 is 10.1 Å². The number of rotatable bonds is 5. The molecule has 0 radical (unpaired) electrons. The predicted molar refractivity (Wildman–Crippen MR) is 83.9 cm³/mol. The fraction of sp³-hybridized carbons (Fsp3) is 0.412. The molecule has 0 bridgehead atoms. The molecule has 0 aliphatic carbocycles. The Labute approximate surface area is 124 Å². The van der Waals surface area contributed by atoms with Crippen LogP contribution in [0.15, 0.2) is 41.8 Å². The van der Waals surface area contributed by atoms with E-state index >= 15 is 0 Å². The Morgan fingerprint density at radius 2 is 2.20 bits per heavy atom. The Kier molecular flexibility index (Phi) is 4.51. The maximum Gasteiger partial charge on any atom is 0.0721 e. The van der Waals surface area contributed by atoms with Gasteiger partial charge >= 0.3 is 0 Å². The van der Waals surface area contributed by atoms with Gasteiger partial charge in [-0.1, -0.05) is 43.7 Å². The molecule has 20 heavy (non-hydrogen) atoms. The van der Waals surface area contributed by atoms with Gasteiger partial charge in [0.25, 0.3) is 0 Å². The average Bonchev–Trinajstić information content (AvgIpc) is 3.01. The molecule has 2 aromatic rings. The quantitative estimate of drug-likeness (QED) is 0.877. The van der Waals surface area contributed by atoms with E-state index in [2.05, 4.69) is 54.0 Å². The van der Waals surface area contributed by atoms with Crippen molar-refractivity contribution in [1.29, 1.82) is 0 Å². The molecule has 1 N–H and O–H groups in total. The molecule has 2 heterocycles. The van der Waals surface area contributed by atoms with Gasteiger partial charge in [0, 0.05) is 10.9 Å². The Hall–Kier alpha value is -1.16. The van der Waals surface area contributed by atoms with Crippen LogP contribution in [0.3, 0.4) is 0 Å². The lowest BCUT2D eigenvalue weighted by Crippen LogP contribution is -2.32. The third-order valence-electron chi connectivity index (χ3n) is 3.84. The molecule has 0 fully saturated rings. The van der Waals surface area contributed by atoms with E-state index in [9.17, 15) is 0 Å². The number of benzene rings is 1. The molecule has 3 heteroatoms. The smallest absolute Gasteiger partial charge is 0.0721 e. The molecule has 0 saturated heterocycles. The minimum atomic E-state index is 0.304. The molecule has 0 saturated carbocycles. The van der Waals surface area contributed by atoms with Crippen molar-refractivity contribution >= 4 is 11.3 Å². The Morgan fingerprint density at radius 1 is 1.30 bits per heavy atom. The summed E-state index contributed by atoms with van der Waals surface area (Å²) in [7, 11) is 0. The van der Waals surface area contributed by atoms with E-state index < -0.39 is 0 Å². The summed E-state index contributed by atoms with van der Waals surface area (Å²) in [6.07, 6.45) is 2.35. The van der Waals surface area contributed by atoms with Crippen LogP contribution in [0, 0.1) is 0 Å². The highest BCUT2D eigenvalue weighted by Crippen LogP contribution is 2.30. The van der Waals surface area contributed by atoms with Crippen LogP contribution < -0.4 is 5.32 Å². The number of hydrogen-bond acceptors (Lipinski definition) is 3. The maximum absolute atomic E-state index is 5.75. The van der Waals surface area contributed by atoms with Crippen molar-refractivity contribution in [2.75, 3.05) is 6.61 Å². The van der Waals surface area contributed by atoms with E-state index in [1.807, 2.05) is 11.3 Å². The highest BCUT2D eigenvalue weighted by molar-refractivity contribution is 7.10. The second-order valence-electron chi connectivity index (χ2n) is 5.29. The molecule has 0 spiro atoms. The third-order valence-corrected chi connectivity index (χ3v) is 4.82. The average molecular weight is 287 g/mol. The third kappa shape index (κ3) is 2.95. The van der Waals surface area contributed by atoms with E-state index in [0.29, 0.717) is 12.1 Å². The molecule has 106 valence electrons. The second-order valence-corrected chi connectivity index (χ2v) is 6.27. The van der Waals surface area contributed by atoms with Gasteiger partial charge in [0.15, 0.2) is 0 Å². The molecule has 1 aliphatic heterocycles. The van der Waals surface area contributed by atoms with Crippen LogP contribution in [0.4, 0.5) is 0 Å². The fourth-order valence-corrected chi connectivity index (χ4v) is 3.67. The van der Waals surface area contributed by atoms with Gasteiger partial charge in [-0.05, 0) is 29.0 Å². The first-order valence-electron chi connectivity index (χ1n) is 7.33. The van der Waals surface area contributed by atoms with Crippen LogP contribution in [0.2, 0.25) is 0 Å². The van der Waals surface area contributed by atoms with Crippen molar-refractivity contribution in [3.8, 4) is 0 Å². The van der Waals surface area contributed by atoms with Crippen molar-refractivity contribution in [3.63, 3.8) is 0 Å². The minimum absolute atomic E-state index is 0.304. The molecule has 3 rings (SSSR count). The minimum Gasteiger partial charge on any atom is -0.375 e. The first-order valence-corrected chi connectivity index (χ1v) is 8.21. The molecule has 1 aliphatic rings. The summed E-state index contributed by atoms with van der Waals surface area (Å²) < 4.78 is 5.75. The van der Waals surface area contributed by atoms with Gasteiger partial charge in [-0.25, -0.2) is 0 Å². The summed E-state index contributed by atoms with van der Waals surface area (Å²) in [5.74, 6) is 0. The van der Waals surface area contributed by atoms with Crippen LogP contribution in [-0.4, -0.2) is 6.61 Å². The summed E-state index contributed by atoms with van der Waals surface area (Å²) >= 11 is 1.84. The lowest BCUT2D eigenvalue weighted by Gasteiger charge is -2.30. The molecular formula is C17H21NOS. The lowest BCUT2D eigenvalue weighted by atomic mass is 9.97. The van der Waals surface area contributed by atoms with Gasteiger partial charge in [-0.15, -0.1) is 11.3 Å². The van der Waals surface area contributed by atoms with Gasteiger partial charge in [-0.2, -0.15) is 0 Å². The highest BCUT2D eigenvalue weighted by Gasteiger charge is 2.23. The van der Waals surface area contributed by atoms with Crippen molar-refractivity contribution in [3.05, 3.63) is 57.8 Å². The normalized spacial score (nSPS) is 19.6. The maximum atomic E-state index is 5.75. The number of ether oxygens (including phenoxy) is 1. The van der Waals surface area contributed by atoms with E-state index in [1.54, 1.807) is 0 Å². The van der Waals surface area contributed by atoms with Gasteiger partial charge in [-0.3, -0.25) is 0 Å². The number of fused-ring (bicyclic) bond motifs is 1. The topological polar surface area (TPSA) is 21.3 Å². The molecule has 1 aromatic heterocycles.